The molecule has 0 unspecified atom stereocenters. The predicted octanol–water partition coefficient (Wildman–Crippen LogP) is 6.52. The molecule has 1 saturated heterocycles. The number of anilines is 2. The number of carbonyl (C=O) groups is 1. The van der Waals surface area contributed by atoms with E-state index in [9.17, 15) is 4.79 Å². The molecule has 1 amide bonds. The Morgan fingerprint density at radius 2 is 1.90 bits per heavy atom. The summed E-state index contributed by atoms with van der Waals surface area (Å²) < 4.78 is 7.21. The Morgan fingerprint density at radius 3 is 2.60 bits per heavy atom. The van der Waals surface area contributed by atoms with E-state index < -0.39 is 0 Å². The Hall–Kier alpha value is -3.72. The molecule has 2 aromatic heterocycles. The van der Waals surface area contributed by atoms with Gasteiger partial charge in [-0.3, -0.25) is 9.78 Å². The van der Waals surface area contributed by atoms with Crippen LogP contribution in [0.15, 0.2) is 66.9 Å². The Bertz CT molecular complexity index is 1590. The highest BCUT2D eigenvalue weighted by Gasteiger charge is 2.42. The largest absolute Gasteiger partial charge is 0.375 e. The molecule has 0 radical (unpaired) electrons. The summed E-state index contributed by atoms with van der Waals surface area (Å²) in [6.45, 7) is 8.26. The number of amides is 1. The van der Waals surface area contributed by atoms with Gasteiger partial charge in [0.15, 0.2) is 5.11 Å². The summed E-state index contributed by atoms with van der Waals surface area (Å²) >= 11 is 12.5. The van der Waals surface area contributed by atoms with Crippen molar-refractivity contribution >= 4 is 46.2 Å². The van der Waals surface area contributed by atoms with Gasteiger partial charge in [-0.2, -0.15) is 0 Å². The zero-order chi connectivity index (χ0) is 28.6. The van der Waals surface area contributed by atoms with Crippen LogP contribution in [0.25, 0.3) is 5.69 Å². The molecule has 2 atom stereocenters. The van der Waals surface area contributed by atoms with Crippen LogP contribution in [0.4, 0.5) is 11.4 Å². The average Bonchev–Trinajstić information content (AvgIpc) is 3.42. The van der Waals surface area contributed by atoms with Crippen LogP contribution in [0.1, 0.15) is 45.9 Å². The van der Waals surface area contributed by atoms with Gasteiger partial charge in [-0.25, -0.2) is 0 Å². The molecule has 4 aromatic rings. The fraction of sp³-hybridized carbons (Fsp3) is 0.258. The highest BCUT2D eigenvalue weighted by Crippen LogP contribution is 2.44. The zero-order valence-electron chi connectivity index (χ0n) is 23.2. The van der Waals surface area contributed by atoms with E-state index in [1.165, 1.54) is 7.11 Å². The molecule has 0 bridgehead atoms. The monoisotopic (exact) mass is 573 g/mol. The third kappa shape index (κ3) is 5.10. The smallest absolute Gasteiger partial charge is 0.250 e. The second-order valence-corrected chi connectivity index (χ2v) is 10.8. The van der Waals surface area contributed by atoms with Crippen molar-refractivity contribution in [1.82, 2.24) is 14.9 Å². The lowest BCUT2D eigenvalue weighted by Gasteiger charge is -2.29. The van der Waals surface area contributed by atoms with E-state index >= 15 is 0 Å². The van der Waals surface area contributed by atoms with Crippen molar-refractivity contribution in [3.8, 4) is 5.69 Å². The maximum atomic E-state index is 12.1. The van der Waals surface area contributed by atoms with Crippen molar-refractivity contribution < 1.29 is 9.53 Å². The summed E-state index contributed by atoms with van der Waals surface area (Å²) in [7, 11) is 1.50. The second kappa shape index (κ2) is 11.4. The molecule has 3 heterocycles. The number of benzene rings is 2. The number of aromatic nitrogens is 2. The van der Waals surface area contributed by atoms with Gasteiger partial charge in [0.05, 0.1) is 17.8 Å². The minimum Gasteiger partial charge on any atom is -0.375 e. The van der Waals surface area contributed by atoms with Gasteiger partial charge in [0, 0.05) is 46.8 Å². The molecule has 1 fully saturated rings. The molecule has 0 spiro atoms. The van der Waals surface area contributed by atoms with Gasteiger partial charge in [0.1, 0.15) is 6.61 Å². The fourth-order valence-corrected chi connectivity index (χ4v) is 6.02. The normalized spacial score (nSPS) is 16.8. The third-order valence-corrected chi connectivity index (χ3v) is 8.13. The van der Waals surface area contributed by atoms with Gasteiger partial charge in [-0.15, -0.1) is 0 Å². The number of halogens is 1. The second-order valence-electron chi connectivity index (χ2n) is 10.0. The Kier molecular flexibility index (Phi) is 7.94. The molecule has 0 saturated carbocycles. The van der Waals surface area contributed by atoms with Crippen molar-refractivity contribution in [3.63, 3.8) is 0 Å². The number of nitrogens with zero attached hydrogens (tertiary/aromatic N) is 3. The first-order valence-corrected chi connectivity index (χ1v) is 13.8. The van der Waals surface area contributed by atoms with Gasteiger partial charge in [0.2, 0.25) is 5.91 Å². The van der Waals surface area contributed by atoms with Gasteiger partial charge < -0.3 is 24.8 Å². The zero-order valence-corrected chi connectivity index (χ0v) is 24.7. The molecule has 1 aliphatic rings. The number of carbonyl (C=O) groups excluding carboxylic acids is 1. The number of rotatable bonds is 7. The van der Waals surface area contributed by atoms with Crippen molar-refractivity contribution in [2.75, 3.05) is 23.9 Å². The molecule has 206 valence electrons. The highest BCUT2D eigenvalue weighted by molar-refractivity contribution is 7.80. The lowest BCUT2D eigenvalue weighted by molar-refractivity contribution is -0.119. The summed E-state index contributed by atoms with van der Waals surface area (Å²) in [5, 5.41) is 7.80. The molecule has 7 nitrogen and oxygen atoms in total. The fourth-order valence-electron chi connectivity index (χ4n) is 5.50. The quantitative estimate of drug-likeness (QED) is 0.245. The van der Waals surface area contributed by atoms with E-state index in [4.69, 9.17) is 33.5 Å². The van der Waals surface area contributed by atoms with Gasteiger partial charge in [0.25, 0.3) is 0 Å². The van der Waals surface area contributed by atoms with E-state index in [1.807, 2.05) is 62.4 Å². The SMILES string of the molecule is COCC(=O)Nc1ccc(N2C(=S)N[C@H](c3ccccn3)[C@H]2c2cc(C)n(-c3cccc(Cl)c3C)c2C)cc1C. The molecule has 9 heteroatoms. The third-order valence-electron chi connectivity index (χ3n) is 7.40. The van der Waals surface area contributed by atoms with Crippen LogP contribution in [0.5, 0.6) is 0 Å². The van der Waals surface area contributed by atoms with Crippen molar-refractivity contribution in [2.24, 2.45) is 0 Å². The number of hydrogen-bond acceptors (Lipinski definition) is 4. The maximum Gasteiger partial charge on any atom is 0.250 e. The van der Waals surface area contributed by atoms with E-state index in [0.717, 1.165) is 55.9 Å². The van der Waals surface area contributed by atoms with Gasteiger partial charge >= 0.3 is 0 Å². The van der Waals surface area contributed by atoms with Crippen LogP contribution in [0, 0.1) is 27.7 Å². The number of nitrogens with one attached hydrogen (secondary N) is 2. The van der Waals surface area contributed by atoms with Crippen LogP contribution in [-0.2, 0) is 9.53 Å². The summed E-state index contributed by atoms with van der Waals surface area (Å²) in [6, 6.07) is 19.7. The van der Waals surface area contributed by atoms with Crippen molar-refractivity contribution in [3.05, 3.63) is 106 Å². The topological polar surface area (TPSA) is 71.4 Å². The number of aryl methyl sites for hydroxylation is 2. The van der Waals surface area contributed by atoms with E-state index in [2.05, 4.69) is 46.1 Å². The highest BCUT2D eigenvalue weighted by atomic mass is 35.5. The number of thiocarbonyl (C=S) groups is 1. The molecule has 1 aliphatic heterocycles. The lowest BCUT2D eigenvalue weighted by Crippen LogP contribution is -2.29. The first-order chi connectivity index (χ1) is 19.2. The summed E-state index contributed by atoms with van der Waals surface area (Å²) in [5.74, 6) is -0.200. The molecule has 2 aromatic carbocycles. The number of ether oxygens (including phenoxy) is 1. The summed E-state index contributed by atoms with van der Waals surface area (Å²) in [5.41, 5.74) is 8.89. The molecule has 40 heavy (non-hydrogen) atoms. The average molecular weight is 574 g/mol. The standard InChI is InChI=1S/C31H32ClN5O2S/c1-18-15-22(12-13-25(18)34-28(38)17-39-5)37-30(29(35-31(37)40)26-10-6-7-14-33-26)23-16-19(2)36(21(23)4)27-11-8-9-24(32)20(27)3/h6-16,29-30H,17H2,1-5H3,(H,34,38)(H,35,40)/t29-,30-/m1/s1. The minimum atomic E-state index is -0.200. The van der Waals surface area contributed by atoms with Crippen LogP contribution < -0.4 is 15.5 Å². The number of methoxy groups -OCH3 is 1. The summed E-state index contributed by atoms with van der Waals surface area (Å²) in [4.78, 5) is 19.0. The lowest BCUT2D eigenvalue weighted by atomic mass is 9.96. The van der Waals surface area contributed by atoms with E-state index in [0.29, 0.717) is 5.11 Å². The minimum absolute atomic E-state index is 0.00311. The van der Waals surface area contributed by atoms with Crippen molar-refractivity contribution in [2.45, 2.75) is 39.8 Å². The first kappa shape index (κ1) is 27.8. The van der Waals surface area contributed by atoms with E-state index in [1.54, 1.807) is 6.20 Å². The maximum absolute atomic E-state index is 12.1. The Balaban J connectivity index is 1.63. The van der Waals surface area contributed by atoms with Crippen LogP contribution in [-0.4, -0.2) is 34.3 Å². The molecule has 5 rings (SSSR count). The van der Waals surface area contributed by atoms with Gasteiger partial charge in [-0.1, -0.05) is 23.7 Å². The molecular weight excluding hydrogens is 542 g/mol. The molecular formula is C31H32ClN5O2S. The van der Waals surface area contributed by atoms with Crippen molar-refractivity contribution in [1.29, 1.82) is 0 Å². The number of pyridine rings is 1. The Morgan fingerprint density at radius 1 is 1.10 bits per heavy atom. The van der Waals surface area contributed by atoms with Crippen LogP contribution in [0.2, 0.25) is 5.02 Å². The van der Waals surface area contributed by atoms with Crippen LogP contribution in [0.3, 0.4) is 0 Å². The Labute approximate surface area is 245 Å². The number of hydrogen-bond donors (Lipinski definition) is 2. The van der Waals surface area contributed by atoms with Gasteiger partial charge in [-0.05, 0) is 105 Å². The first-order valence-electron chi connectivity index (χ1n) is 13.1. The summed E-state index contributed by atoms with van der Waals surface area (Å²) in [6.07, 6.45) is 1.81. The van der Waals surface area contributed by atoms with Crippen LogP contribution >= 0.6 is 23.8 Å². The molecule has 2 N–H and O–H groups in total. The molecule has 0 aliphatic carbocycles. The predicted molar refractivity (Wildman–Crippen MR) is 165 cm³/mol. The van der Waals surface area contributed by atoms with E-state index in [-0.39, 0.29) is 24.6 Å².